The molecule has 78 valence electrons. The molecule has 0 bridgehead atoms. The van der Waals surface area contributed by atoms with Crippen molar-refractivity contribution in [2.75, 3.05) is 13.1 Å². The van der Waals surface area contributed by atoms with Crippen molar-refractivity contribution in [1.82, 2.24) is 5.32 Å². The molecule has 0 aliphatic carbocycles. The van der Waals surface area contributed by atoms with Gasteiger partial charge in [-0.05, 0) is 18.4 Å². The third kappa shape index (κ3) is 4.85. The summed E-state index contributed by atoms with van der Waals surface area (Å²) >= 11 is 0. The van der Waals surface area contributed by atoms with E-state index in [1.165, 1.54) is 0 Å². The molecule has 5 N–H and O–H groups in total. The number of nitrogens with one attached hydrogen (secondary N) is 1. The summed E-state index contributed by atoms with van der Waals surface area (Å²) in [6, 6.07) is -0.453. The van der Waals surface area contributed by atoms with Gasteiger partial charge in [0.15, 0.2) is 0 Å². The van der Waals surface area contributed by atoms with Crippen LogP contribution in [0, 0.1) is 5.41 Å². The topological polar surface area (TPSA) is 81.1 Å². The summed E-state index contributed by atoms with van der Waals surface area (Å²) < 4.78 is 0. The monoisotopic (exact) mass is 187 g/mol. The molecule has 0 heterocycles. The molecule has 0 saturated heterocycles. The predicted molar refractivity (Wildman–Crippen MR) is 54.1 cm³/mol. The molecule has 4 nitrogen and oxygen atoms in total. The van der Waals surface area contributed by atoms with Crippen LogP contribution in [0.1, 0.15) is 27.2 Å². The van der Waals surface area contributed by atoms with Gasteiger partial charge in [0.1, 0.15) is 0 Å². The maximum atomic E-state index is 11.4. The second-order valence-corrected chi connectivity index (χ2v) is 4.28. The molecule has 0 aromatic heterocycles. The van der Waals surface area contributed by atoms with E-state index in [-0.39, 0.29) is 11.3 Å². The molecule has 0 aromatic carbocycles. The van der Waals surface area contributed by atoms with Crippen molar-refractivity contribution < 1.29 is 4.79 Å². The van der Waals surface area contributed by atoms with E-state index in [4.69, 9.17) is 11.5 Å². The highest BCUT2D eigenvalue weighted by Gasteiger charge is 2.26. The number of carbonyl (C=O) groups excluding carboxylic acids is 1. The average molecular weight is 187 g/mol. The highest BCUT2D eigenvalue weighted by atomic mass is 16.2. The van der Waals surface area contributed by atoms with E-state index >= 15 is 0 Å². The molecule has 0 spiro atoms. The summed E-state index contributed by atoms with van der Waals surface area (Å²) in [5.41, 5.74) is 10.8. The third-order valence-corrected chi connectivity index (χ3v) is 1.90. The Balaban J connectivity index is 3.84. The number of hydrogen-bond donors (Lipinski definition) is 3. The van der Waals surface area contributed by atoms with Gasteiger partial charge in [-0.3, -0.25) is 4.79 Å². The third-order valence-electron chi connectivity index (χ3n) is 1.90. The van der Waals surface area contributed by atoms with Crippen LogP contribution in [0.15, 0.2) is 0 Å². The fourth-order valence-electron chi connectivity index (χ4n) is 0.817. The summed E-state index contributed by atoms with van der Waals surface area (Å²) in [5.74, 6) is -0.0963. The van der Waals surface area contributed by atoms with Crippen LogP contribution in [0.3, 0.4) is 0 Å². The maximum Gasteiger partial charge on any atom is 0.237 e. The molecule has 1 amide bonds. The van der Waals surface area contributed by atoms with Gasteiger partial charge in [-0.2, -0.15) is 0 Å². The van der Waals surface area contributed by atoms with E-state index < -0.39 is 6.04 Å². The van der Waals surface area contributed by atoms with Gasteiger partial charge in [0.25, 0.3) is 0 Å². The molecule has 0 aliphatic heterocycles. The quantitative estimate of drug-likeness (QED) is 0.534. The second kappa shape index (κ2) is 5.19. The van der Waals surface area contributed by atoms with Crippen LogP contribution in [0.5, 0.6) is 0 Å². The molecular weight excluding hydrogens is 166 g/mol. The number of nitrogens with two attached hydrogens (primary N) is 2. The molecule has 0 aromatic rings. The Morgan fingerprint density at radius 3 is 2.38 bits per heavy atom. The molecule has 0 unspecified atom stereocenters. The summed E-state index contributed by atoms with van der Waals surface area (Å²) in [4.78, 5) is 11.4. The maximum absolute atomic E-state index is 11.4. The first kappa shape index (κ1) is 12.4. The van der Waals surface area contributed by atoms with Crippen molar-refractivity contribution in [2.24, 2.45) is 16.9 Å². The molecule has 0 aliphatic rings. The lowest BCUT2D eigenvalue weighted by atomic mass is 9.87. The van der Waals surface area contributed by atoms with Gasteiger partial charge in [-0.25, -0.2) is 0 Å². The Morgan fingerprint density at radius 2 is 2.00 bits per heavy atom. The Labute approximate surface area is 80.0 Å². The zero-order chi connectivity index (χ0) is 10.5. The molecule has 0 fully saturated rings. The summed E-state index contributed by atoms with van der Waals surface area (Å²) in [6.07, 6.45) is 0.794. The van der Waals surface area contributed by atoms with E-state index in [2.05, 4.69) is 5.32 Å². The molecule has 13 heavy (non-hydrogen) atoms. The standard InChI is InChI=1S/C9H21N3O/c1-9(2,3)7(11)8(13)12-6-4-5-10/h7H,4-6,10-11H2,1-3H3,(H,12,13)/t7-/m1/s1. The number of hydrogen-bond acceptors (Lipinski definition) is 3. The van der Waals surface area contributed by atoms with Gasteiger partial charge in [0, 0.05) is 6.54 Å². The average Bonchev–Trinajstić information content (AvgIpc) is 2.01. The van der Waals surface area contributed by atoms with Gasteiger partial charge in [0.05, 0.1) is 6.04 Å². The minimum absolute atomic E-state index is 0.0963. The molecule has 0 rings (SSSR count). The fourth-order valence-corrected chi connectivity index (χ4v) is 0.817. The van der Waals surface area contributed by atoms with Crippen LogP contribution < -0.4 is 16.8 Å². The molecule has 1 atom stereocenters. The minimum Gasteiger partial charge on any atom is -0.355 e. The zero-order valence-electron chi connectivity index (χ0n) is 8.76. The van der Waals surface area contributed by atoms with Crippen LogP contribution in [0.25, 0.3) is 0 Å². The van der Waals surface area contributed by atoms with E-state index in [9.17, 15) is 4.79 Å². The fraction of sp³-hybridized carbons (Fsp3) is 0.889. The highest BCUT2D eigenvalue weighted by Crippen LogP contribution is 2.16. The van der Waals surface area contributed by atoms with Crippen LogP contribution in [0.2, 0.25) is 0 Å². The Morgan fingerprint density at radius 1 is 1.46 bits per heavy atom. The van der Waals surface area contributed by atoms with Crippen LogP contribution in [-0.4, -0.2) is 25.0 Å². The van der Waals surface area contributed by atoms with Crippen LogP contribution in [-0.2, 0) is 4.79 Å². The molecule has 0 saturated carbocycles. The predicted octanol–water partition coefficient (Wildman–Crippen LogP) is -0.175. The molecule has 4 heteroatoms. The van der Waals surface area contributed by atoms with Crippen molar-refractivity contribution >= 4 is 5.91 Å². The van der Waals surface area contributed by atoms with Crippen LogP contribution >= 0.6 is 0 Å². The summed E-state index contributed by atoms with van der Waals surface area (Å²) in [5, 5.41) is 2.75. The lowest BCUT2D eigenvalue weighted by Crippen LogP contribution is -2.48. The Hall–Kier alpha value is -0.610. The Bertz CT molecular complexity index is 163. The lowest BCUT2D eigenvalue weighted by Gasteiger charge is -2.25. The lowest BCUT2D eigenvalue weighted by molar-refractivity contribution is -0.124. The normalized spacial score (nSPS) is 13.9. The first-order chi connectivity index (χ1) is 5.89. The van der Waals surface area contributed by atoms with Crippen molar-refractivity contribution in [1.29, 1.82) is 0 Å². The first-order valence-electron chi connectivity index (χ1n) is 4.63. The van der Waals surface area contributed by atoms with Crippen LogP contribution in [0.4, 0.5) is 0 Å². The van der Waals surface area contributed by atoms with E-state index in [1.54, 1.807) is 0 Å². The molecular formula is C9H21N3O. The van der Waals surface area contributed by atoms with Crippen molar-refractivity contribution in [3.63, 3.8) is 0 Å². The van der Waals surface area contributed by atoms with Crippen molar-refractivity contribution in [2.45, 2.75) is 33.2 Å². The van der Waals surface area contributed by atoms with E-state index in [0.717, 1.165) is 6.42 Å². The van der Waals surface area contributed by atoms with Gasteiger partial charge in [0.2, 0.25) is 5.91 Å². The molecule has 0 radical (unpaired) electrons. The van der Waals surface area contributed by atoms with E-state index in [1.807, 2.05) is 20.8 Å². The highest BCUT2D eigenvalue weighted by molar-refractivity contribution is 5.82. The Kier molecular flexibility index (Phi) is 4.95. The van der Waals surface area contributed by atoms with E-state index in [0.29, 0.717) is 13.1 Å². The summed E-state index contributed by atoms with van der Waals surface area (Å²) in [6.45, 7) is 7.03. The zero-order valence-corrected chi connectivity index (χ0v) is 8.76. The largest absolute Gasteiger partial charge is 0.355 e. The minimum atomic E-state index is -0.453. The number of amides is 1. The van der Waals surface area contributed by atoms with Crippen molar-refractivity contribution in [3.8, 4) is 0 Å². The van der Waals surface area contributed by atoms with Crippen molar-refractivity contribution in [3.05, 3.63) is 0 Å². The van der Waals surface area contributed by atoms with Gasteiger partial charge >= 0.3 is 0 Å². The second-order valence-electron chi connectivity index (χ2n) is 4.28. The first-order valence-corrected chi connectivity index (χ1v) is 4.63. The SMILES string of the molecule is CC(C)(C)[C@H](N)C(=O)NCCCN. The number of rotatable bonds is 4. The van der Waals surface area contributed by atoms with Gasteiger partial charge < -0.3 is 16.8 Å². The smallest absolute Gasteiger partial charge is 0.237 e. The van der Waals surface area contributed by atoms with Gasteiger partial charge in [-0.15, -0.1) is 0 Å². The number of carbonyl (C=O) groups is 1. The van der Waals surface area contributed by atoms with Gasteiger partial charge in [-0.1, -0.05) is 20.8 Å². The summed E-state index contributed by atoms with van der Waals surface area (Å²) in [7, 11) is 0.